The van der Waals surface area contributed by atoms with E-state index in [0.717, 1.165) is 32.4 Å². The van der Waals surface area contributed by atoms with Gasteiger partial charge in [0.15, 0.2) is 5.13 Å². The zero-order chi connectivity index (χ0) is 24.7. The second kappa shape index (κ2) is 9.85. The van der Waals surface area contributed by atoms with Crippen LogP contribution in [-0.2, 0) is 14.8 Å². The lowest BCUT2D eigenvalue weighted by Gasteiger charge is -2.38. The highest BCUT2D eigenvalue weighted by Gasteiger charge is 2.36. The van der Waals surface area contributed by atoms with Gasteiger partial charge in [0.2, 0.25) is 5.91 Å². The SMILES string of the molecule is COc1ccc(C)c2sc(N3CCN(C(=O)C4CCCN(S(=O)(=O)c5ccc(Cl)s5)C4)CC3)nc12. The number of piperidine rings is 1. The van der Waals surface area contributed by atoms with Crippen LogP contribution in [0.3, 0.4) is 0 Å². The van der Waals surface area contributed by atoms with Crippen molar-refractivity contribution < 1.29 is 17.9 Å². The van der Waals surface area contributed by atoms with E-state index in [9.17, 15) is 13.2 Å². The molecule has 0 saturated carbocycles. The van der Waals surface area contributed by atoms with Gasteiger partial charge in [0.05, 0.1) is 22.1 Å². The van der Waals surface area contributed by atoms with Gasteiger partial charge in [0.1, 0.15) is 15.5 Å². The van der Waals surface area contributed by atoms with Gasteiger partial charge < -0.3 is 14.5 Å². The van der Waals surface area contributed by atoms with Crippen LogP contribution in [0.4, 0.5) is 5.13 Å². The van der Waals surface area contributed by atoms with Crippen LogP contribution in [0.1, 0.15) is 18.4 Å². The van der Waals surface area contributed by atoms with Crippen LogP contribution in [0, 0.1) is 12.8 Å². The highest BCUT2D eigenvalue weighted by molar-refractivity contribution is 7.91. The molecular formula is C23H27ClN4O4S3. The molecule has 1 aromatic carbocycles. The van der Waals surface area contributed by atoms with Crippen LogP contribution in [0.15, 0.2) is 28.5 Å². The third kappa shape index (κ3) is 4.76. The third-order valence-corrected chi connectivity index (χ3v) is 11.5. The Kier molecular flexibility index (Phi) is 6.97. The molecule has 0 bridgehead atoms. The maximum absolute atomic E-state index is 13.3. The standard InChI is InChI=1S/C23H27ClN4O4S3/c1-15-5-6-17(32-2)20-21(15)34-23(25-20)27-12-10-26(11-13-27)22(29)16-4-3-9-28(14-16)35(30,31)19-8-7-18(24)33-19/h5-8,16H,3-4,9-14H2,1-2H3. The molecule has 4 heterocycles. The smallest absolute Gasteiger partial charge is 0.252 e. The molecule has 0 aliphatic carbocycles. The van der Waals surface area contributed by atoms with Crippen molar-refractivity contribution in [2.75, 3.05) is 51.3 Å². The molecule has 2 aliphatic rings. The number of amides is 1. The van der Waals surface area contributed by atoms with E-state index < -0.39 is 10.0 Å². The number of aromatic nitrogens is 1. The Labute approximate surface area is 218 Å². The van der Waals surface area contributed by atoms with E-state index in [1.807, 2.05) is 17.0 Å². The number of carbonyl (C=O) groups excluding carboxylic acids is 1. The molecule has 5 rings (SSSR count). The van der Waals surface area contributed by atoms with Crippen LogP contribution in [-0.4, -0.2) is 74.9 Å². The Hall–Kier alpha value is -1.92. The van der Waals surface area contributed by atoms with Crippen LogP contribution < -0.4 is 9.64 Å². The first-order chi connectivity index (χ1) is 16.8. The molecule has 2 aliphatic heterocycles. The Morgan fingerprint density at radius 2 is 1.89 bits per heavy atom. The fourth-order valence-corrected chi connectivity index (χ4v) is 8.96. The van der Waals surface area contributed by atoms with E-state index in [4.69, 9.17) is 21.3 Å². The molecule has 12 heteroatoms. The predicted octanol–water partition coefficient (Wildman–Crippen LogP) is 4.08. The van der Waals surface area contributed by atoms with Crippen LogP contribution in [0.2, 0.25) is 4.34 Å². The predicted molar refractivity (Wildman–Crippen MR) is 141 cm³/mol. The normalized spacial score (nSPS) is 19.9. The lowest BCUT2D eigenvalue weighted by atomic mass is 9.98. The van der Waals surface area contributed by atoms with E-state index in [1.165, 1.54) is 15.9 Å². The van der Waals surface area contributed by atoms with Crippen molar-refractivity contribution in [1.82, 2.24) is 14.2 Å². The number of fused-ring (bicyclic) bond motifs is 1. The van der Waals surface area contributed by atoms with Crippen molar-refractivity contribution in [2.45, 2.75) is 24.0 Å². The molecule has 0 radical (unpaired) electrons. The summed E-state index contributed by atoms with van der Waals surface area (Å²) in [4.78, 5) is 22.2. The summed E-state index contributed by atoms with van der Waals surface area (Å²) in [5, 5.41) is 0.934. The molecule has 3 aromatic rings. The number of anilines is 1. The number of halogens is 1. The number of ether oxygens (including phenoxy) is 1. The molecule has 35 heavy (non-hydrogen) atoms. The lowest BCUT2D eigenvalue weighted by molar-refractivity contribution is -0.137. The number of hydrogen-bond acceptors (Lipinski definition) is 8. The highest BCUT2D eigenvalue weighted by Crippen LogP contribution is 2.37. The number of hydrogen-bond donors (Lipinski definition) is 0. The minimum absolute atomic E-state index is 0.0376. The van der Waals surface area contributed by atoms with Crippen LogP contribution in [0.25, 0.3) is 10.2 Å². The van der Waals surface area contributed by atoms with Crippen LogP contribution in [0.5, 0.6) is 5.75 Å². The Morgan fingerprint density at radius 1 is 1.11 bits per heavy atom. The van der Waals surface area contributed by atoms with Gasteiger partial charge in [-0.3, -0.25) is 4.79 Å². The summed E-state index contributed by atoms with van der Waals surface area (Å²) in [6.45, 7) is 5.28. The van der Waals surface area contributed by atoms with Gasteiger partial charge in [0.25, 0.3) is 10.0 Å². The van der Waals surface area contributed by atoms with Crippen molar-refractivity contribution in [2.24, 2.45) is 5.92 Å². The summed E-state index contributed by atoms with van der Waals surface area (Å²) in [5.74, 6) is 0.481. The highest BCUT2D eigenvalue weighted by atomic mass is 35.5. The maximum Gasteiger partial charge on any atom is 0.252 e. The number of thiazole rings is 1. The Bertz CT molecular complexity index is 1350. The van der Waals surface area contributed by atoms with Gasteiger partial charge in [-0.15, -0.1) is 11.3 Å². The number of nitrogens with zero attached hydrogens (tertiary/aromatic N) is 4. The summed E-state index contributed by atoms with van der Waals surface area (Å²) in [6, 6.07) is 7.11. The monoisotopic (exact) mass is 554 g/mol. The van der Waals surface area contributed by atoms with E-state index in [-0.39, 0.29) is 22.6 Å². The minimum atomic E-state index is -3.63. The number of thiophene rings is 1. The summed E-state index contributed by atoms with van der Waals surface area (Å²) in [5.41, 5.74) is 2.04. The van der Waals surface area contributed by atoms with Crippen molar-refractivity contribution in [3.8, 4) is 5.75 Å². The number of sulfonamides is 1. The second-order valence-electron chi connectivity index (χ2n) is 8.83. The minimum Gasteiger partial charge on any atom is -0.494 e. The van der Waals surface area contributed by atoms with Crippen molar-refractivity contribution in [1.29, 1.82) is 0 Å². The van der Waals surface area contributed by atoms with Gasteiger partial charge in [-0.2, -0.15) is 4.31 Å². The van der Waals surface area contributed by atoms with Crippen molar-refractivity contribution in [3.05, 3.63) is 34.2 Å². The number of rotatable bonds is 5. The molecule has 1 atom stereocenters. The van der Waals surface area contributed by atoms with Crippen molar-refractivity contribution >= 4 is 65.6 Å². The summed E-state index contributed by atoms with van der Waals surface area (Å²) in [6.07, 6.45) is 1.37. The molecular weight excluding hydrogens is 528 g/mol. The third-order valence-electron chi connectivity index (χ3n) is 6.65. The first-order valence-corrected chi connectivity index (χ1v) is 15.0. The molecule has 2 fully saturated rings. The molecule has 188 valence electrons. The van der Waals surface area contributed by atoms with E-state index in [2.05, 4.69) is 11.8 Å². The largest absolute Gasteiger partial charge is 0.494 e. The first-order valence-electron chi connectivity index (χ1n) is 11.5. The van der Waals surface area contributed by atoms with E-state index in [0.29, 0.717) is 49.9 Å². The molecule has 8 nitrogen and oxygen atoms in total. The molecule has 0 spiro atoms. The summed E-state index contributed by atoms with van der Waals surface area (Å²) < 4.78 is 34.7. The average Bonchev–Trinajstić information content (AvgIpc) is 3.52. The number of methoxy groups -OCH3 is 1. The Morgan fingerprint density at radius 3 is 2.57 bits per heavy atom. The van der Waals surface area contributed by atoms with Gasteiger partial charge in [-0.05, 0) is 43.5 Å². The number of benzene rings is 1. The number of piperazine rings is 1. The van der Waals surface area contributed by atoms with Crippen LogP contribution >= 0.6 is 34.3 Å². The van der Waals surface area contributed by atoms with Gasteiger partial charge in [-0.25, -0.2) is 13.4 Å². The molecule has 1 unspecified atom stereocenters. The quantitative estimate of drug-likeness (QED) is 0.473. The lowest BCUT2D eigenvalue weighted by Crippen LogP contribution is -2.53. The zero-order valence-electron chi connectivity index (χ0n) is 19.6. The maximum atomic E-state index is 13.3. The first kappa shape index (κ1) is 24.8. The van der Waals surface area contributed by atoms with Gasteiger partial charge >= 0.3 is 0 Å². The van der Waals surface area contributed by atoms with E-state index >= 15 is 0 Å². The summed E-state index contributed by atoms with van der Waals surface area (Å²) in [7, 11) is -1.98. The summed E-state index contributed by atoms with van der Waals surface area (Å²) >= 11 is 8.65. The van der Waals surface area contributed by atoms with E-state index in [1.54, 1.807) is 24.5 Å². The topological polar surface area (TPSA) is 83.0 Å². The molecule has 2 aromatic heterocycles. The van der Waals surface area contributed by atoms with Gasteiger partial charge in [0, 0.05) is 39.3 Å². The molecule has 1 amide bonds. The average molecular weight is 555 g/mol. The molecule has 2 saturated heterocycles. The second-order valence-corrected chi connectivity index (χ2v) is 13.7. The fourth-order valence-electron chi connectivity index (χ4n) is 4.70. The van der Waals surface area contributed by atoms with Crippen molar-refractivity contribution in [3.63, 3.8) is 0 Å². The number of aryl methyl sites for hydroxylation is 1. The Balaban J connectivity index is 1.24. The zero-order valence-corrected chi connectivity index (χ0v) is 22.8. The molecule has 0 N–H and O–H groups in total. The van der Waals surface area contributed by atoms with Gasteiger partial charge in [-0.1, -0.05) is 29.0 Å². The number of carbonyl (C=O) groups is 1. The fraction of sp³-hybridized carbons (Fsp3) is 0.478.